The van der Waals surface area contributed by atoms with E-state index < -0.39 is 17.9 Å². The van der Waals surface area contributed by atoms with Crippen LogP contribution in [0.4, 0.5) is 5.69 Å². The minimum atomic E-state index is -1.06. The van der Waals surface area contributed by atoms with Gasteiger partial charge < -0.3 is 25.2 Å². The number of likely N-dealkylation sites (N-methyl/N-ethyl adjacent to an activating group) is 1. The minimum absolute atomic E-state index is 0.168. The molecule has 0 saturated carbocycles. The molecule has 0 fully saturated rings. The molecule has 7 heteroatoms. The lowest BCUT2D eigenvalue weighted by Crippen LogP contribution is -2.39. The molecule has 0 aliphatic heterocycles. The Morgan fingerprint density at radius 3 is 2.52 bits per heavy atom. The van der Waals surface area contributed by atoms with E-state index in [0.717, 1.165) is 0 Å². The molecule has 0 heterocycles. The number of aliphatic carboxylic acids is 1. The van der Waals surface area contributed by atoms with Gasteiger partial charge in [0.1, 0.15) is 17.5 Å². The van der Waals surface area contributed by atoms with E-state index in [1.807, 2.05) is 0 Å². The second kappa shape index (κ2) is 8.11. The number of carboxylic acids is 1. The zero-order chi connectivity index (χ0) is 15.8. The number of rotatable bonds is 8. The van der Waals surface area contributed by atoms with Crippen LogP contribution in [0.2, 0.25) is 0 Å². The van der Waals surface area contributed by atoms with Gasteiger partial charge in [0, 0.05) is 6.07 Å². The first-order valence-electron chi connectivity index (χ1n) is 6.49. The molecule has 1 aromatic carbocycles. The first-order valence-corrected chi connectivity index (χ1v) is 6.49. The number of hydrogen-bond acceptors (Lipinski definition) is 5. The molecule has 0 bridgehead atoms. The van der Waals surface area contributed by atoms with Gasteiger partial charge in [-0.15, -0.1) is 0 Å². The Morgan fingerprint density at radius 2 is 2.00 bits per heavy atom. The largest absolute Gasteiger partial charge is 0.497 e. The maximum Gasteiger partial charge on any atom is 0.321 e. The van der Waals surface area contributed by atoms with Gasteiger partial charge in [-0.1, -0.05) is 6.92 Å². The van der Waals surface area contributed by atoms with Crippen LogP contribution in [-0.2, 0) is 9.59 Å². The normalized spacial score (nSPS) is 11.6. The maximum absolute atomic E-state index is 11.9. The first-order chi connectivity index (χ1) is 10.0. The van der Waals surface area contributed by atoms with Gasteiger partial charge in [-0.2, -0.15) is 0 Å². The molecule has 0 aromatic heterocycles. The van der Waals surface area contributed by atoms with E-state index in [9.17, 15) is 9.59 Å². The number of benzene rings is 1. The number of carbonyl (C=O) groups is 2. The molecular formula is C14H20N2O5. The lowest BCUT2D eigenvalue weighted by atomic mass is 10.2. The average molecular weight is 296 g/mol. The highest BCUT2D eigenvalue weighted by molar-refractivity contribution is 5.95. The highest BCUT2D eigenvalue weighted by Crippen LogP contribution is 2.29. The molecule has 7 nitrogen and oxygen atoms in total. The summed E-state index contributed by atoms with van der Waals surface area (Å²) in [5, 5.41) is 14.4. The van der Waals surface area contributed by atoms with E-state index >= 15 is 0 Å². The first kappa shape index (κ1) is 16.8. The number of anilines is 1. The molecule has 0 radical (unpaired) electrons. The van der Waals surface area contributed by atoms with Crippen molar-refractivity contribution in [1.29, 1.82) is 0 Å². The highest BCUT2D eigenvalue weighted by atomic mass is 16.5. The molecule has 1 aromatic rings. The lowest BCUT2D eigenvalue weighted by molar-refractivity contribution is -0.141. The van der Waals surface area contributed by atoms with E-state index in [1.54, 1.807) is 25.1 Å². The fourth-order valence-electron chi connectivity index (χ4n) is 1.78. The zero-order valence-corrected chi connectivity index (χ0v) is 12.3. The van der Waals surface area contributed by atoms with Gasteiger partial charge in [0.15, 0.2) is 0 Å². The third-order valence-electron chi connectivity index (χ3n) is 2.82. The van der Waals surface area contributed by atoms with E-state index in [4.69, 9.17) is 14.6 Å². The number of hydrogen-bond donors (Lipinski definition) is 3. The standard InChI is InChI=1S/C14H20N2O5/c1-4-15-11(14(18)19)8-13(17)16-10-6-5-9(20-2)7-12(10)21-3/h5-7,11,15H,4,8H2,1-3H3,(H,16,17)(H,18,19). The van der Waals surface area contributed by atoms with Gasteiger partial charge in [0.05, 0.1) is 26.3 Å². The Labute approximate surface area is 123 Å². The Bertz CT molecular complexity index is 504. The number of nitrogens with one attached hydrogen (secondary N) is 2. The molecule has 0 spiro atoms. The van der Waals surface area contributed by atoms with Crippen molar-refractivity contribution in [2.45, 2.75) is 19.4 Å². The van der Waals surface area contributed by atoms with E-state index in [2.05, 4.69) is 10.6 Å². The summed E-state index contributed by atoms with van der Waals surface area (Å²) in [7, 11) is 3.00. The number of carbonyl (C=O) groups excluding carboxylic acids is 1. The van der Waals surface area contributed by atoms with Gasteiger partial charge in [-0.25, -0.2) is 0 Å². The Hall–Kier alpha value is -2.28. The number of methoxy groups -OCH3 is 2. The third-order valence-corrected chi connectivity index (χ3v) is 2.82. The highest BCUT2D eigenvalue weighted by Gasteiger charge is 2.20. The monoisotopic (exact) mass is 296 g/mol. The molecule has 1 unspecified atom stereocenters. The molecule has 0 aliphatic carbocycles. The average Bonchev–Trinajstić information content (AvgIpc) is 2.47. The van der Waals surface area contributed by atoms with Gasteiger partial charge in [-0.05, 0) is 18.7 Å². The Morgan fingerprint density at radius 1 is 1.29 bits per heavy atom. The van der Waals surface area contributed by atoms with Gasteiger partial charge in [0.2, 0.25) is 5.91 Å². The number of amides is 1. The molecule has 3 N–H and O–H groups in total. The lowest BCUT2D eigenvalue weighted by Gasteiger charge is -2.15. The summed E-state index contributed by atoms with van der Waals surface area (Å²) in [6, 6.07) is 4.03. The van der Waals surface area contributed by atoms with Crippen molar-refractivity contribution in [2.24, 2.45) is 0 Å². The quantitative estimate of drug-likeness (QED) is 0.664. The van der Waals surface area contributed by atoms with Crippen LogP contribution in [0.15, 0.2) is 18.2 Å². The van der Waals surface area contributed by atoms with Crippen molar-refractivity contribution in [3.63, 3.8) is 0 Å². The fourth-order valence-corrected chi connectivity index (χ4v) is 1.78. The van der Waals surface area contributed by atoms with Crippen molar-refractivity contribution in [3.05, 3.63) is 18.2 Å². The predicted molar refractivity (Wildman–Crippen MR) is 77.9 cm³/mol. The van der Waals surface area contributed by atoms with Crippen LogP contribution >= 0.6 is 0 Å². The van der Waals surface area contributed by atoms with Crippen molar-refractivity contribution < 1.29 is 24.2 Å². The summed E-state index contributed by atoms with van der Waals surface area (Å²) < 4.78 is 10.2. The van der Waals surface area contributed by atoms with Crippen LogP contribution in [0.1, 0.15) is 13.3 Å². The SMILES string of the molecule is CCNC(CC(=O)Nc1ccc(OC)cc1OC)C(=O)O. The van der Waals surface area contributed by atoms with E-state index in [-0.39, 0.29) is 6.42 Å². The summed E-state index contributed by atoms with van der Waals surface area (Å²) in [5.74, 6) is -0.431. The minimum Gasteiger partial charge on any atom is -0.497 e. The van der Waals surface area contributed by atoms with Crippen LogP contribution < -0.4 is 20.1 Å². The topological polar surface area (TPSA) is 96.9 Å². The third kappa shape index (κ3) is 4.96. The van der Waals surface area contributed by atoms with Gasteiger partial charge in [0.25, 0.3) is 0 Å². The van der Waals surface area contributed by atoms with Crippen molar-refractivity contribution >= 4 is 17.6 Å². The van der Waals surface area contributed by atoms with Crippen LogP contribution in [0.25, 0.3) is 0 Å². The molecule has 116 valence electrons. The molecule has 0 saturated heterocycles. The summed E-state index contributed by atoms with van der Waals surface area (Å²) in [5.41, 5.74) is 0.462. The second-order valence-electron chi connectivity index (χ2n) is 4.27. The van der Waals surface area contributed by atoms with Crippen molar-refractivity contribution in [1.82, 2.24) is 5.32 Å². The fraction of sp³-hybridized carbons (Fsp3) is 0.429. The zero-order valence-electron chi connectivity index (χ0n) is 12.3. The Balaban J connectivity index is 2.76. The van der Waals surface area contributed by atoms with Crippen molar-refractivity contribution in [2.75, 3.05) is 26.1 Å². The van der Waals surface area contributed by atoms with Crippen LogP contribution in [0, 0.1) is 0 Å². The number of carboxylic acid groups (broad SMARTS) is 1. The van der Waals surface area contributed by atoms with E-state index in [0.29, 0.717) is 23.7 Å². The molecular weight excluding hydrogens is 276 g/mol. The molecule has 1 atom stereocenters. The predicted octanol–water partition coefficient (Wildman–Crippen LogP) is 1.10. The molecule has 21 heavy (non-hydrogen) atoms. The van der Waals surface area contributed by atoms with Crippen LogP contribution in [0.3, 0.4) is 0 Å². The molecule has 1 rings (SSSR count). The van der Waals surface area contributed by atoms with Crippen LogP contribution in [-0.4, -0.2) is 43.8 Å². The molecule has 1 amide bonds. The van der Waals surface area contributed by atoms with Crippen molar-refractivity contribution in [3.8, 4) is 11.5 Å². The summed E-state index contributed by atoms with van der Waals surface area (Å²) >= 11 is 0. The maximum atomic E-state index is 11.9. The number of ether oxygens (including phenoxy) is 2. The Kier molecular flexibility index (Phi) is 6.48. The molecule has 0 aliphatic rings. The van der Waals surface area contributed by atoms with E-state index in [1.165, 1.54) is 14.2 Å². The summed E-state index contributed by atoms with van der Waals surface area (Å²) in [6.45, 7) is 2.25. The smallest absolute Gasteiger partial charge is 0.321 e. The van der Waals surface area contributed by atoms with Gasteiger partial charge in [-0.3, -0.25) is 9.59 Å². The van der Waals surface area contributed by atoms with Gasteiger partial charge >= 0.3 is 5.97 Å². The second-order valence-corrected chi connectivity index (χ2v) is 4.27. The van der Waals surface area contributed by atoms with Crippen LogP contribution in [0.5, 0.6) is 11.5 Å². The summed E-state index contributed by atoms with van der Waals surface area (Å²) in [4.78, 5) is 22.9. The summed E-state index contributed by atoms with van der Waals surface area (Å²) in [6.07, 6.45) is -0.168.